The van der Waals surface area contributed by atoms with Gasteiger partial charge < -0.3 is 44.5 Å². The first kappa shape index (κ1) is 19.5. The van der Waals surface area contributed by atoms with Gasteiger partial charge in [-0.15, -0.1) is 0 Å². The van der Waals surface area contributed by atoms with Gasteiger partial charge in [-0.2, -0.15) is 0 Å². The summed E-state index contributed by atoms with van der Waals surface area (Å²) in [5.41, 5.74) is 0. The van der Waals surface area contributed by atoms with Crippen LogP contribution >= 0.6 is 0 Å². The van der Waals surface area contributed by atoms with E-state index in [1.807, 2.05) is 0 Å². The number of rotatable bonds is 4. The van der Waals surface area contributed by atoms with Crippen LogP contribution in [0.3, 0.4) is 0 Å². The molecule has 140 valence electrons. The second-order valence-corrected chi connectivity index (χ2v) is 5.97. The zero-order chi connectivity index (χ0) is 18.0. The molecule has 2 aliphatic heterocycles. The Morgan fingerprint density at radius 2 is 1.79 bits per heavy atom. The molecule has 0 aromatic carbocycles. The summed E-state index contributed by atoms with van der Waals surface area (Å²) >= 11 is 0. The summed E-state index contributed by atoms with van der Waals surface area (Å²) < 4.78 is 20.9. The van der Waals surface area contributed by atoms with Gasteiger partial charge in [-0.3, -0.25) is 4.79 Å². The van der Waals surface area contributed by atoms with Crippen LogP contribution in [0.25, 0.3) is 0 Å². The molecule has 0 bridgehead atoms. The summed E-state index contributed by atoms with van der Waals surface area (Å²) in [4.78, 5) is 11.0. The number of carbonyl (C=O) groups is 1. The van der Waals surface area contributed by atoms with E-state index in [2.05, 4.69) is 0 Å². The van der Waals surface area contributed by atoms with Crippen LogP contribution in [0.4, 0.5) is 0 Å². The van der Waals surface area contributed by atoms with E-state index >= 15 is 0 Å². The molecule has 2 aliphatic rings. The number of aliphatic hydroxyl groups excluding tert-OH is 5. The Morgan fingerprint density at radius 1 is 1.12 bits per heavy atom. The molecule has 2 rings (SSSR count). The van der Waals surface area contributed by atoms with Crippen molar-refractivity contribution in [2.75, 3.05) is 13.2 Å². The third kappa shape index (κ3) is 4.03. The third-order valence-corrected chi connectivity index (χ3v) is 4.15. The monoisotopic (exact) mass is 352 g/mol. The molecule has 9 atom stereocenters. The predicted octanol–water partition coefficient (Wildman–Crippen LogP) is -3.12. The van der Waals surface area contributed by atoms with Gasteiger partial charge in [0.1, 0.15) is 36.6 Å². The smallest absolute Gasteiger partial charge is 0.303 e. The molecule has 24 heavy (non-hydrogen) atoms. The first-order valence-corrected chi connectivity index (χ1v) is 7.69. The number of carbonyl (C=O) groups excluding carboxylic acids is 1. The maximum Gasteiger partial charge on any atom is 0.303 e. The molecular formula is C14H24O10. The lowest BCUT2D eigenvalue weighted by Crippen LogP contribution is -2.62. The maximum atomic E-state index is 11.0. The Hall–Kier alpha value is -0.850. The predicted molar refractivity (Wildman–Crippen MR) is 75.6 cm³/mol. The largest absolute Gasteiger partial charge is 0.457 e. The number of hydrogen-bond donors (Lipinski definition) is 5. The van der Waals surface area contributed by atoms with Crippen LogP contribution in [-0.2, 0) is 23.7 Å². The Labute approximate surface area is 138 Å². The van der Waals surface area contributed by atoms with Gasteiger partial charge >= 0.3 is 5.97 Å². The molecule has 10 heteroatoms. The molecule has 0 unspecified atom stereocenters. The first-order valence-electron chi connectivity index (χ1n) is 7.69. The molecule has 2 saturated heterocycles. The lowest BCUT2D eigenvalue weighted by Gasteiger charge is -2.43. The Bertz CT molecular complexity index is 432. The van der Waals surface area contributed by atoms with Crippen molar-refractivity contribution in [3.05, 3.63) is 0 Å². The van der Waals surface area contributed by atoms with Gasteiger partial charge in [0.25, 0.3) is 0 Å². The standard InChI is InChI=1S/C14H24O10/c1-5-13(23-6(2)16)11(19)12(20)14(22-5)24-8-4-21-7(3-15)9(17)10(8)18/h5,7-15,17-20H,3-4H2,1-2H3/t5-,7+,8-,9+,10+,11-,12+,13-,14-/m0/s1. The van der Waals surface area contributed by atoms with Gasteiger partial charge in [0, 0.05) is 6.92 Å². The molecule has 0 saturated carbocycles. The SMILES string of the molecule is CC(=O)O[C@@H]1[C@@H](O)[C@@H](O)[C@H](O[C@H]2CO[C@H](CO)[C@@H](O)[C@@H]2O)O[C@H]1C. The summed E-state index contributed by atoms with van der Waals surface area (Å²) in [6.45, 7) is 2.09. The van der Waals surface area contributed by atoms with Crippen LogP contribution in [0.15, 0.2) is 0 Å². The Morgan fingerprint density at radius 3 is 2.38 bits per heavy atom. The van der Waals surface area contributed by atoms with Crippen molar-refractivity contribution in [2.45, 2.75) is 69.0 Å². The van der Waals surface area contributed by atoms with E-state index in [4.69, 9.17) is 24.1 Å². The summed E-state index contributed by atoms with van der Waals surface area (Å²) in [6, 6.07) is 0. The average Bonchev–Trinajstić information content (AvgIpc) is 2.53. The van der Waals surface area contributed by atoms with Crippen molar-refractivity contribution >= 4 is 5.97 Å². The minimum atomic E-state index is -1.54. The minimum Gasteiger partial charge on any atom is -0.457 e. The van der Waals surface area contributed by atoms with Crippen molar-refractivity contribution in [3.8, 4) is 0 Å². The number of aliphatic hydroxyl groups is 5. The van der Waals surface area contributed by atoms with Gasteiger partial charge in [-0.05, 0) is 6.92 Å². The average molecular weight is 352 g/mol. The van der Waals surface area contributed by atoms with Crippen LogP contribution in [0.5, 0.6) is 0 Å². The van der Waals surface area contributed by atoms with Gasteiger partial charge in [-0.1, -0.05) is 0 Å². The van der Waals surface area contributed by atoms with Gasteiger partial charge in [0.2, 0.25) is 0 Å². The highest BCUT2D eigenvalue weighted by atomic mass is 16.7. The molecule has 0 aromatic heterocycles. The minimum absolute atomic E-state index is 0.145. The quantitative estimate of drug-likeness (QED) is 0.328. The molecule has 0 aliphatic carbocycles. The summed E-state index contributed by atoms with van der Waals surface area (Å²) in [5.74, 6) is -0.629. The molecule has 10 nitrogen and oxygen atoms in total. The van der Waals surface area contributed by atoms with Crippen molar-refractivity contribution in [1.82, 2.24) is 0 Å². The second kappa shape index (κ2) is 8.02. The molecule has 2 fully saturated rings. The fourth-order valence-electron chi connectivity index (χ4n) is 2.78. The van der Waals surface area contributed by atoms with Gasteiger partial charge in [0.15, 0.2) is 12.4 Å². The molecule has 0 radical (unpaired) electrons. The molecule has 5 N–H and O–H groups in total. The fraction of sp³-hybridized carbons (Fsp3) is 0.929. The number of esters is 1. The van der Waals surface area contributed by atoms with Gasteiger partial charge in [0.05, 0.1) is 19.3 Å². The first-order chi connectivity index (χ1) is 11.3. The molecular weight excluding hydrogens is 328 g/mol. The van der Waals surface area contributed by atoms with Gasteiger partial charge in [-0.25, -0.2) is 0 Å². The summed E-state index contributed by atoms with van der Waals surface area (Å²) in [6.07, 6.45) is -10.8. The van der Waals surface area contributed by atoms with E-state index in [1.54, 1.807) is 0 Å². The highest BCUT2D eigenvalue weighted by Crippen LogP contribution is 2.27. The Kier molecular flexibility index (Phi) is 6.51. The molecule has 0 spiro atoms. The highest BCUT2D eigenvalue weighted by molar-refractivity contribution is 5.66. The fourth-order valence-corrected chi connectivity index (χ4v) is 2.78. The second-order valence-electron chi connectivity index (χ2n) is 5.97. The van der Waals surface area contributed by atoms with Crippen molar-refractivity contribution < 1.29 is 49.3 Å². The third-order valence-electron chi connectivity index (χ3n) is 4.15. The normalized spacial score (nSPS) is 46.5. The van der Waals surface area contributed by atoms with E-state index in [0.717, 1.165) is 0 Å². The van der Waals surface area contributed by atoms with E-state index < -0.39 is 67.7 Å². The zero-order valence-electron chi connectivity index (χ0n) is 13.4. The molecule has 0 aromatic rings. The van der Waals surface area contributed by atoms with Crippen LogP contribution in [0.2, 0.25) is 0 Å². The zero-order valence-corrected chi connectivity index (χ0v) is 13.4. The molecule has 0 amide bonds. The van der Waals surface area contributed by atoms with Crippen molar-refractivity contribution in [1.29, 1.82) is 0 Å². The molecule has 2 heterocycles. The maximum absolute atomic E-state index is 11.0. The summed E-state index contributed by atoms with van der Waals surface area (Å²) in [7, 11) is 0. The Balaban J connectivity index is 1.99. The van der Waals surface area contributed by atoms with Crippen LogP contribution in [0, 0.1) is 0 Å². The lowest BCUT2D eigenvalue weighted by atomic mass is 9.98. The topological polar surface area (TPSA) is 155 Å². The van der Waals surface area contributed by atoms with Crippen LogP contribution in [0.1, 0.15) is 13.8 Å². The van der Waals surface area contributed by atoms with E-state index in [1.165, 1.54) is 13.8 Å². The number of hydrogen-bond acceptors (Lipinski definition) is 10. The van der Waals surface area contributed by atoms with E-state index in [-0.39, 0.29) is 6.61 Å². The van der Waals surface area contributed by atoms with Crippen LogP contribution < -0.4 is 0 Å². The van der Waals surface area contributed by atoms with Crippen molar-refractivity contribution in [3.63, 3.8) is 0 Å². The van der Waals surface area contributed by atoms with E-state index in [0.29, 0.717) is 0 Å². The van der Waals surface area contributed by atoms with Crippen LogP contribution in [-0.4, -0.2) is 99.8 Å². The number of ether oxygens (including phenoxy) is 4. The lowest BCUT2D eigenvalue weighted by molar-refractivity contribution is -0.327. The summed E-state index contributed by atoms with van der Waals surface area (Å²) in [5, 5.41) is 49.1. The van der Waals surface area contributed by atoms with Crippen molar-refractivity contribution in [2.24, 2.45) is 0 Å². The highest BCUT2D eigenvalue weighted by Gasteiger charge is 2.48. The van der Waals surface area contributed by atoms with E-state index in [9.17, 15) is 25.2 Å².